The highest BCUT2D eigenvalue weighted by Gasteiger charge is 2.15. The Labute approximate surface area is 129 Å². The molecule has 0 bridgehead atoms. The number of hydrogen-bond acceptors (Lipinski definition) is 6. The lowest BCUT2D eigenvalue weighted by molar-refractivity contribution is -0.114. The standard InChI is InChI=1S/C14H12N2OS3/c1-8(17)6-19-13-12-10(11-4-3-5-18-11)7-20-14(12)16-9(2)15-13/h3-5,7H,6H2,1-2H3. The van der Waals surface area contributed by atoms with E-state index in [0.29, 0.717) is 5.75 Å². The first-order valence-corrected chi connectivity index (χ1v) is 8.81. The minimum Gasteiger partial charge on any atom is -0.299 e. The second kappa shape index (κ2) is 5.63. The van der Waals surface area contributed by atoms with Gasteiger partial charge in [-0.2, -0.15) is 0 Å². The average Bonchev–Trinajstić information content (AvgIpc) is 3.03. The number of Topliss-reactive ketones (excluding diaryl/α,β-unsaturated/α-hetero) is 1. The highest BCUT2D eigenvalue weighted by Crippen LogP contribution is 2.39. The minimum atomic E-state index is 0.160. The molecule has 0 unspecified atom stereocenters. The first-order valence-electron chi connectivity index (χ1n) is 6.07. The molecule has 0 saturated heterocycles. The molecule has 6 heteroatoms. The fourth-order valence-corrected chi connectivity index (χ4v) is 4.66. The molecular weight excluding hydrogens is 308 g/mol. The van der Waals surface area contributed by atoms with Crippen molar-refractivity contribution >= 4 is 50.4 Å². The highest BCUT2D eigenvalue weighted by atomic mass is 32.2. The molecule has 3 aromatic heterocycles. The molecule has 0 fully saturated rings. The number of rotatable bonds is 4. The molecule has 0 radical (unpaired) electrons. The fraction of sp³-hybridized carbons (Fsp3) is 0.214. The number of thioether (sulfide) groups is 1. The molecule has 0 amide bonds. The van der Waals surface area contributed by atoms with Crippen molar-refractivity contribution in [3.05, 3.63) is 28.7 Å². The van der Waals surface area contributed by atoms with Crippen LogP contribution in [0.2, 0.25) is 0 Å². The van der Waals surface area contributed by atoms with Crippen molar-refractivity contribution < 1.29 is 4.79 Å². The summed E-state index contributed by atoms with van der Waals surface area (Å²) in [6, 6.07) is 4.15. The Balaban J connectivity index is 2.16. The van der Waals surface area contributed by atoms with Crippen molar-refractivity contribution in [3.8, 4) is 10.4 Å². The summed E-state index contributed by atoms with van der Waals surface area (Å²) in [5.74, 6) is 1.36. The SMILES string of the molecule is CC(=O)CSc1nc(C)nc2scc(-c3cccs3)c12. The van der Waals surface area contributed by atoms with Crippen LogP contribution in [0, 0.1) is 6.92 Å². The highest BCUT2D eigenvalue weighted by molar-refractivity contribution is 8.00. The Morgan fingerprint density at radius 3 is 2.90 bits per heavy atom. The van der Waals surface area contributed by atoms with Crippen LogP contribution in [-0.4, -0.2) is 21.5 Å². The van der Waals surface area contributed by atoms with Crippen LogP contribution in [0.4, 0.5) is 0 Å². The van der Waals surface area contributed by atoms with Crippen LogP contribution in [-0.2, 0) is 4.79 Å². The van der Waals surface area contributed by atoms with Gasteiger partial charge in [-0.15, -0.1) is 22.7 Å². The predicted octanol–water partition coefficient (Wildman–Crippen LogP) is 4.41. The summed E-state index contributed by atoms with van der Waals surface area (Å²) < 4.78 is 0. The van der Waals surface area contributed by atoms with Crippen molar-refractivity contribution in [2.24, 2.45) is 0 Å². The van der Waals surface area contributed by atoms with E-state index in [1.165, 1.54) is 22.2 Å². The van der Waals surface area contributed by atoms with Gasteiger partial charge in [0.25, 0.3) is 0 Å². The summed E-state index contributed by atoms with van der Waals surface area (Å²) in [4.78, 5) is 22.5. The van der Waals surface area contributed by atoms with Gasteiger partial charge >= 0.3 is 0 Å². The zero-order valence-corrected chi connectivity index (χ0v) is 13.5. The number of ketones is 1. The third-order valence-corrected chi connectivity index (χ3v) is 5.61. The molecule has 0 N–H and O–H groups in total. The van der Waals surface area contributed by atoms with E-state index in [1.54, 1.807) is 29.6 Å². The summed E-state index contributed by atoms with van der Waals surface area (Å²) in [6.45, 7) is 3.49. The van der Waals surface area contributed by atoms with Gasteiger partial charge in [0.05, 0.1) is 11.1 Å². The van der Waals surface area contributed by atoms with Gasteiger partial charge in [-0.25, -0.2) is 9.97 Å². The van der Waals surface area contributed by atoms with Crippen LogP contribution in [0.1, 0.15) is 12.7 Å². The van der Waals surface area contributed by atoms with Crippen molar-refractivity contribution in [2.75, 3.05) is 5.75 Å². The van der Waals surface area contributed by atoms with Gasteiger partial charge in [-0.05, 0) is 25.3 Å². The maximum Gasteiger partial charge on any atom is 0.140 e. The lowest BCUT2D eigenvalue weighted by atomic mass is 10.2. The van der Waals surface area contributed by atoms with E-state index in [2.05, 4.69) is 26.8 Å². The molecule has 3 aromatic rings. The van der Waals surface area contributed by atoms with E-state index in [1.807, 2.05) is 13.0 Å². The molecule has 0 aromatic carbocycles. The maximum atomic E-state index is 11.2. The number of thiophene rings is 2. The van der Waals surface area contributed by atoms with Crippen LogP contribution < -0.4 is 0 Å². The number of carbonyl (C=O) groups is 1. The summed E-state index contributed by atoms with van der Waals surface area (Å²) in [5.41, 5.74) is 1.17. The smallest absolute Gasteiger partial charge is 0.140 e. The third kappa shape index (κ3) is 2.63. The van der Waals surface area contributed by atoms with Crippen LogP contribution in [0.3, 0.4) is 0 Å². The molecule has 0 aliphatic rings. The van der Waals surface area contributed by atoms with Crippen LogP contribution in [0.5, 0.6) is 0 Å². The van der Waals surface area contributed by atoms with Gasteiger partial charge in [-0.3, -0.25) is 4.79 Å². The topological polar surface area (TPSA) is 42.9 Å². The summed E-state index contributed by atoms with van der Waals surface area (Å²) in [5, 5.41) is 6.18. The number of nitrogens with zero attached hydrogens (tertiary/aromatic N) is 2. The van der Waals surface area contributed by atoms with Crippen molar-refractivity contribution in [1.29, 1.82) is 0 Å². The first-order chi connectivity index (χ1) is 9.65. The van der Waals surface area contributed by atoms with Crippen molar-refractivity contribution in [3.63, 3.8) is 0 Å². The van der Waals surface area contributed by atoms with Crippen LogP contribution >= 0.6 is 34.4 Å². The number of fused-ring (bicyclic) bond motifs is 1. The predicted molar refractivity (Wildman–Crippen MR) is 86.9 cm³/mol. The Hall–Kier alpha value is -1.24. The maximum absolute atomic E-state index is 11.2. The second-order valence-electron chi connectivity index (χ2n) is 4.37. The van der Waals surface area contributed by atoms with Gasteiger partial charge in [0.2, 0.25) is 0 Å². The molecule has 0 saturated carbocycles. The molecular formula is C14H12N2OS3. The Morgan fingerprint density at radius 2 is 2.20 bits per heavy atom. The van der Waals surface area contributed by atoms with E-state index in [9.17, 15) is 4.79 Å². The molecule has 102 valence electrons. The molecule has 20 heavy (non-hydrogen) atoms. The Kier molecular flexibility index (Phi) is 3.87. The molecule has 0 spiro atoms. The van der Waals surface area contributed by atoms with Gasteiger partial charge in [0, 0.05) is 15.8 Å². The molecule has 0 aliphatic carbocycles. The number of aryl methyl sites for hydroxylation is 1. The molecule has 3 heterocycles. The monoisotopic (exact) mass is 320 g/mol. The molecule has 0 atom stereocenters. The number of aromatic nitrogens is 2. The van der Waals surface area contributed by atoms with Gasteiger partial charge in [0.1, 0.15) is 21.5 Å². The lowest BCUT2D eigenvalue weighted by Crippen LogP contribution is -1.96. The van der Waals surface area contributed by atoms with E-state index < -0.39 is 0 Å². The minimum absolute atomic E-state index is 0.160. The largest absolute Gasteiger partial charge is 0.299 e. The molecule has 0 aliphatic heterocycles. The zero-order chi connectivity index (χ0) is 14.1. The van der Waals surface area contributed by atoms with Gasteiger partial charge < -0.3 is 0 Å². The van der Waals surface area contributed by atoms with Crippen LogP contribution in [0.15, 0.2) is 27.9 Å². The molecule has 3 rings (SSSR count). The van der Waals surface area contributed by atoms with E-state index in [-0.39, 0.29) is 5.78 Å². The Bertz CT molecular complexity index is 762. The van der Waals surface area contributed by atoms with Gasteiger partial charge in [-0.1, -0.05) is 17.8 Å². The summed E-state index contributed by atoms with van der Waals surface area (Å²) in [6.07, 6.45) is 0. The Morgan fingerprint density at radius 1 is 1.35 bits per heavy atom. The van der Waals surface area contributed by atoms with Crippen molar-refractivity contribution in [2.45, 2.75) is 18.9 Å². The van der Waals surface area contributed by atoms with E-state index in [0.717, 1.165) is 21.1 Å². The van der Waals surface area contributed by atoms with E-state index >= 15 is 0 Å². The zero-order valence-electron chi connectivity index (χ0n) is 11.0. The van der Waals surface area contributed by atoms with Crippen LogP contribution in [0.25, 0.3) is 20.7 Å². The van der Waals surface area contributed by atoms with Crippen molar-refractivity contribution in [1.82, 2.24) is 9.97 Å². The quantitative estimate of drug-likeness (QED) is 0.527. The van der Waals surface area contributed by atoms with E-state index in [4.69, 9.17) is 0 Å². The number of carbonyl (C=O) groups excluding carboxylic acids is 1. The molecule has 3 nitrogen and oxygen atoms in total. The third-order valence-electron chi connectivity index (χ3n) is 2.71. The first kappa shape index (κ1) is 13.7. The summed E-state index contributed by atoms with van der Waals surface area (Å²) >= 11 is 4.84. The lowest BCUT2D eigenvalue weighted by Gasteiger charge is -2.04. The number of hydrogen-bond donors (Lipinski definition) is 0. The normalized spacial score (nSPS) is 11.1. The van der Waals surface area contributed by atoms with Gasteiger partial charge in [0.15, 0.2) is 0 Å². The fourth-order valence-electron chi connectivity index (χ4n) is 1.90. The average molecular weight is 320 g/mol. The second-order valence-corrected chi connectivity index (χ2v) is 7.14. The summed E-state index contributed by atoms with van der Waals surface area (Å²) in [7, 11) is 0.